The molecule has 6 nitrogen and oxygen atoms in total. The van der Waals surface area contributed by atoms with Gasteiger partial charge in [-0.1, -0.05) is 83.9 Å². The molecular weight excluding hydrogens is 543 g/mol. The van der Waals surface area contributed by atoms with Gasteiger partial charge in [0, 0.05) is 47.6 Å². The van der Waals surface area contributed by atoms with E-state index in [1.807, 2.05) is 60.7 Å². The molecule has 0 radical (unpaired) electrons. The second-order valence-corrected chi connectivity index (χ2v) is 10.6. The van der Waals surface area contributed by atoms with Crippen LogP contribution in [0, 0.1) is 0 Å². The Morgan fingerprint density at radius 1 is 0.525 bits per heavy atom. The minimum Gasteiger partial charge on any atom is -0.324 e. The van der Waals surface area contributed by atoms with E-state index >= 15 is 0 Å². The molecule has 2 amide bonds. The van der Waals surface area contributed by atoms with Crippen molar-refractivity contribution < 1.29 is 9.59 Å². The molecule has 1 aliphatic rings. The van der Waals surface area contributed by atoms with E-state index in [4.69, 9.17) is 23.2 Å². The summed E-state index contributed by atoms with van der Waals surface area (Å²) in [7, 11) is 0. The topological polar surface area (TPSA) is 64.7 Å². The minimum absolute atomic E-state index is 0.109. The third-order valence-corrected chi connectivity index (χ3v) is 7.53. The molecule has 1 aliphatic heterocycles. The van der Waals surface area contributed by atoms with Gasteiger partial charge >= 0.3 is 0 Å². The minimum atomic E-state index is -0.475. The maximum absolute atomic E-state index is 13.6. The van der Waals surface area contributed by atoms with Crippen LogP contribution in [0.15, 0.2) is 109 Å². The van der Waals surface area contributed by atoms with Crippen molar-refractivity contribution in [2.24, 2.45) is 0 Å². The average molecular weight is 574 g/mol. The van der Waals surface area contributed by atoms with Crippen LogP contribution in [0.3, 0.4) is 0 Å². The van der Waals surface area contributed by atoms with Crippen molar-refractivity contribution in [2.45, 2.75) is 12.1 Å². The Morgan fingerprint density at radius 3 is 1.18 bits per heavy atom. The summed E-state index contributed by atoms with van der Waals surface area (Å²) in [5.41, 5.74) is 3.22. The molecule has 0 bridgehead atoms. The fraction of sp³-hybridized carbons (Fsp3) is 0.188. The largest absolute Gasteiger partial charge is 0.324 e. The third-order valence-electron chi connectivity index (χ3n) is 7.03. The van der Waals surface area contributed by atoms with Crippen molar-refractivity contribution in [3.8, 4) is 0 Å². The maximum atomic E-state index is 13.6. The molecule has 1 saturated heterocycles. The van der Waals surface area contributed by atoms with Crippen molar-refractivity contribution in [1.29, 1.82) is 0 Å². The van der Waals surface area contributed by atoms with Gasteiger partial charge in [0.05, 0.1) is 0 Å². The highest BCUT2D eigenvalue weighted by atomic mass is 35.5. The fourth-order valence-corrected chi connectivity index (χ4v) is 5.32. The van der Waals surface area contributed by atoms with Crippen LogP contribution in [-0.4, -0.2) is 47.8 Å². The van der Waals surface area contributed by atoms with Crippen LogP contribution in [0.4, 0.5) is 11.4 Å². The number of hydrogen-bond acceptors (Lipinski definition) is 4. The van der Waals surface area contributed by atoms with Gasteiger partial charge in [0.25, 0.3) is 0 Å². The van der Waals surface area contributed by atoms with E-state index in [-0.39, 0.29) is 11.8 Å². The van der Waals surface area contributed by atoms with Crippen LogP contribution in [0.5, 0.6) is 0 Å². The number of rotatable bonds is 8. The third kappa shape index (κ3) is 6.90. The molecule has 1 heterocycles. The van der Waals surface area contributed by atoms with Crippen molar-refractivity contribution in [1.82, 2.24) is 9.80 Å². The highest BCUT2D eigenvalue weighted by molar-refractivity contribution is 6.31. The van der Waals surface area contributed by atoms with Gasteiger partial charge in [-0.15, -0.1) is 0 Å². The zero-order chi connectivity index (χ0) is 27.9. The summed E-state index contributed by atoms with van der Waals surface area (Å²) < 4.78 is 0. The molecule has 0 saturated carbocycles. The molecule has 4 aromatic rings. The summed E-state index contributed by atoms with van der Waals surface area (Å²) in [5, 5.41) is 7.32. The first-order chi connectivity index (χ1) is 19.5. The number of nitrogens with one attached hydrogen (secondary N) is 2. The molecule has 0 aliphatic carbocycles. The summed E-state index contributed by atoms with van der Waals surface area (Å²) in [6, 6.07) is 32.8. The highest BCUT2D eigenvalue weighted by Gasteiger charge is 2.35. The maximum Gasteiger partial charge on any atom is 0.246 e. The molecule has 0 aromatic heterocycles. The van der Waals surface area contributed by atoms with Gasteiger partial charge in [-0.05, 0) is 59.7 Å². The molecule has 8 heteroatoms. The zero-order valence-electron chi connectivity index (χ0n) is 21.8. The Balaban J connectivity index is 1.34. The Bertz CT molecular complexity index is 1300. The second-order valence-electron chi connectivity index (χ2n) is 9.69. The normalized spacial score (nSPS) is 15.7. The number of carbonyl (C=O) groups is 2. The van der Waals surface area contributed by atoms with E-state index in [2.05, 4.69) is 20.4 Å². The first-order valence-corrected chi connectivity index (χ1v) is 13.9. The van der Waals surface area contributed by atoms with E-state index < -0.39 is 12.1 Å². The van der Waals surface area contributed by atoms with Gasteiger partial charge in [0.2, 0.25) is 11.8 Å². The summed E-state index contributed by atoms with van der Waals surface area (Å²) in [5.74, 6) is -0.218. The van der Waals surface area contributed by atoms with Gasteiger partial charge in [-0.3, -0.25) is 19.4 Å². The summed E-state index contributed by atoms with van der Waals surface area (Å²) >= 11 is 12.1. The summed E-state index contributed by atoms with van der Waals surface area (Å²) in [4.78, 5) is 31.5. The Kier molecular flexibility index (Phi) is 9.14. The predicted octanol–water partition coefficient (Wildman–Crippen LogP) is 6.67. The van der Waals surface area contributed by atoms with E-state index in [1.165, 1.54) is 0 Å². The van der Waals surface area contributed by atoms with E-state index in [0.29, 0.717) is 47.6 Å². The molecule has 0 spiro atoms. The van der Waals surface area contributed by atoms with Gasteiger partial charge in [0.1, 0.15) is 12.1 Å². The Morgan fingerprint density at radius 2 is 0.850 bits per heavy atom. The number of carbonyl (C=O) groups excluding carboxylic acids is 2. The van der Waals surface area contributed by atoms with E-state index in [0.717, 1.165) is 11.1 Å². The first kappa shape index (κ1) is 27.9. The molecular formula is C32H30Cl2N4O2. The number of amides is 2. The molecule has 1 fully saturated rings. The predicted molar refractivity (Wildman–Crippen MR) is 162 cm³/mol. The van der Waals surface area contributed by atoms with Crippen LogP contribution < -0.4 is 10.6 Å². The lowest BCUT2D eigenvalue weighted by Crippen LogP contribution is -2.52. The first-order valence-electron chi connectivity index (χ1n) is 13.2. The quantitative estimate of drug-likeness (QED) is 0.247. The van der Waals surface area contributed by atoms with Gasteiger partial charge in [-0.25, -0.2) is 0 Å². The van der Waals surface area contributed by atoms with Gasteiger partial charge in [-0.2, -0.15) is 0 Å². The molecule has 4 aromatic carbocycles. The number of piperazine rings is 1. The fourth-order valence-electron chi connectivity index (χ4n) is 5.07. The van der Waals surface area contributed by atoms with Crippen molar-refractivity contribution in [2.75, 3.05) is 36.8 Å². The molecule has 0 unspecified atom stereocenters. The molecule has 204 valence electrons. The average Bonchev–Trinajstić information content (AvgIpc) is 2.98. The lowest BCUT2D eigenvalue weighted by atomic mass is 10.0. The monoisotopic (exact) mass is 572 g/mol. The number of halogens is 2. The van der Waals surface area contributed by atoms with Gasteiger partial charge < -0.3 is 10.6 Å². The molecule has 2 atom stereocenters. The molecule has 5 rings (SSSR count). The number of hydrogen-bond donors (Lipinski definition) is 2. The zero-order valence-corrected chi connectivity index (χ0v) is 23.4. The van der Waals surface area contributed by atoms with E-state index in [9.17, 15) is 9.59 Å². The highest BCUT2D eigenvalue weighted by Crippen LogP contribution is 2.29. The van der Waals surface area contributed by atoms with Crippen LogP contribution in [0.1, 0.15) is 23.2 Å². The smallest absolute Gasteiger partial charge is 0.246 e. The van der Waals surface area contributed by atoms with Crippen molar-refractivity contribution >= 4 is 46.4 Å². The van der Waals surface area contributed by atoms with Crippen LogP contribution in [-0.2, 0) is 9.59 Å². The lowest BCUT2D eigenvalue weighted by molar-refractivity contribution is -0.125. The number of nitrogens with zero attached hydrogens (tertiary/aromatic N) is 2. The second kappa shape index (κ2) is 13.1. The standard InChI is InChI=1S/C32H30Cl2N4O2/c33-25-11-15-27(16-12-25)35-31(39)29(23-7-3-1-4-8-23)37-19-21-38(22-20-37)30(24-9-5-2-6-10-24)32(40)36-28-17-13-26(34)14-18-28/h1-18,29-30H,19-22H2,(H,35,39)(H,36,40)/t29-,30-/m1/s1. The lowest BCUT2D eigenvalue weighted by Gasteiger charge is -2.41. The van der Waals surface area contributed by atoms with Crippen molar-refractivity contribution in [3.63, 3.8) is 0 Å². The number of anilines is 2. The SMILES string of the molecule is O=C(Nc1ccc(Cl)cc1)[C@@H](c1ccccc1)N1CCN([C@@H](C(=O)Nc2ccc(Cl)cc2)c2ccccc2)CC1. The summed E-state index contributed by atoms with van der Waals surface area (Å²) in [6.07, 6.45) is 0. The van der Waals surface area contributed by atoms with Crippen molar-refractivity contribution in [3.05, 3.63) is 130 Å². The van der Waals surface area contributed by atoms with Crippen LogP contribution >= 0.6 is 23.2 Å². The van der Waals surface area contributed by atoms with Gasteiger partial charge in [0.15, 0.2) is 0 Å². The molecule has 2 N–H and O–H groups in total. The van der Waals surface area contributed by atoms with Crippen LogP contribution in [0.2, 0.25) is 10.0 Å². The Labute approximate surface area is 244 Å². The van der Waals surface area contributed by atoms with E-state index in [1.54, 1.807) is 48.5 Å². The summed E-state index contributed by atoms with van der Waals surface area (Å²) in [6.45, 7) is 2.46. The number of benzene rings is 4. The molecule has 40 heavy (non-hydrogen) atoms. The Hall–Kier alpha value is -3.68. The van der Waals surface area contributed by atoms with Crippen LogP contribution in [0.25, 0.3) is 0 Å².